The smallest absolute Gasteiger partial charge is 0.234 e. The second kappa shape index (κ2) is 11.7. The zero-order chi connectivity index (χ0) is 22.9. The van der Waals surface area contributed by atoms with E-state index in [1.807, 2.05) is 49.4 Å². The molecular formula is C24H32N5O2S+. The van der Waals surface area contributed by atoms with Crippen LogP contribution in [0.5, 0.6) is 5.75 Å². The molecule has 7 nitrogen and oxygen atoms in total. The third kappa shape index (κ3) is 6.11. The predicted molar refractivity (Wildman–Crippen MR) is 128 cm³/mol. The van der Waals surface area contributed by atoms with Gasteiger partial charge in [-0.15, -0.1) is 10.2 Å². The lowest BCUT2D eigenvalue weighted by Gasteiger charge is -2.20. The van der Waals surface area contributed by atoms with Crippen LogP contribution in [0.2, 0.25) is 0 Å². The Balaban J connectivity index is 1.77. The van der Waals surface area contributed by atoms with Gasteiger partial charge in [-0.2, -0.15) is 0 Å². The van der Waals surface area contributed by atoms with Crippen LogP contribution in [-0.2, 0) is 11.3 Å². The van der Waals surface area contributed by atoms with Crippen molar-refractivity contribution in [3.05, 3.63) is 66.0 Å². The zero-order valence-corrected chi connectivity index (χ0v) is 20.0. The minimum absolute atomic E-state index is 0.108. The van der Waals surface area contributed by atoms with Gasteiger partial charge in [-0.05, 0) is 24.6 Å². The van der Waals surface area contributed by atoms with E-state index in [9.17, 15) is 4.79 Å². The summed E-state index contributed by atoms with van der Waals surface area (Å²) in [4.78, 5) is 14.0. The summed E-state index contributed by atoms with van der Waals surface area (Å²) in [6, 6.07) is 18.0. The lowest BCUT2D eigenvalue weighted by molar-refractivity contribution is -0.893. The number of para-hydroxylation sites is 2. The number of amides is 1. The Morgan fingerprint density at radius 1 is 1.09 bits per heavy atom. The van der Waals surface area contributed by atoms with Gasteiger partial charge >= 0.3 is 0 Å². The number of benzene rings is 2. The van der Waals surface area contributed by atoms with Crippen LogP contribution in [0.4, 0.5) is 5.69 Å². The molecule has 2 aromatic carbocycles. The second-order valence-electron chi connectivity index (χ2n) is 7.72. The fourth-order valence-corrected chi connectivity index (χ4v) is 4.34. The van der Waals surface area contributed by atoms with Gasteiger partial charge in [0.2, 0.25) is 5.91 Å². The van der Waals surface area contributed by atoms with Gasteiger partial charge in [-0.25, -0.2) is 0 Å². The summed E-state index contributed by atoms with van der Waals surface area (Å²) >= 11 is 1.40. The van der Waals surface area contributed by atoms with Gasteiger partial charge in [0.1, 0.15) is 11.8 Å². The number of thioether (sulfide) groups is 1. The molecule has 0 saturated heterocycles. The Kier molecular flexibility index (Phi) is 8.70. The minimum Gasteiger partial charge on any atom is -0.492 e. The highest BCUT2D eigenvalue weighted by Gasteiger charge is 2.25. The number of quaternary nitrogens is 1. The average Bonchev–Trinajstić information content (AvgIpc) is 3.17. The molecule has 0 bridgehead atoms. The quantitative estimate of drug-likeness (QED) is 0.436. The molecule has 8 heteroatoms. The van der Waals surface area contributed by atoms with E-state index in [0.29, 0.717) is 24.6 Å². The molecule has 0 unspecified atom stereocenters. The predicted octanol–water partition coefficient (Wildman–Crippen LogP) is 3.05. The summed E-state index contributed by atoms with van der Waals surface area (Å²) in [5.74, 6) is 1.74. The number of nitrogens with zero attached hydrogens (tertiary/aromatic N) is 3. The van der Waals surface area contributed by atoms with Crippen molar-refractivity contribution in [2.45, 2.75) is 38.0 Å². The first kappa shape index (κ1) is 23.8. The lowest BCUT2D eigenvalue weighted by Crippen LogP contribution is -3.06. The molecule has 0 spiro atoms. The summed E-state index contributed by atoms with van der Waals surface area (Å²) in [6.45, 7) is 5.30. The maximum atomic E-state index is 12.7. The van der Waals surface area contributed by atoms with Crippen molar-refractivity contribution in [2.75, 3.05) is 31.8 Å². The first-order chi connectivity index (χ1) is 15.5. The number of anilines is 1. The largest absolute Gasteiger partial charge is 0.492 e. The third-order valence-electron chi connectivity index (χ3n) is 5.14. The molecule has 3 aromatic rings. The highest BCUT2D eigenvalue weighted by Crippen LogP contribution is 2.25. The second-order valence-corrected chi connectivity index (χ2v) is 8.66. The monoisotopic (exact) mass is 454 g/mol. The molecule has 0 fully saturated rings. The molecule has 2 N–H and O–H groups in total. The number of carbonyl (C=O) groups excluding carboxylic acids is 1. The molecule has 1 amide bonds. The summed E-state index contributed by atoms with van der Waals surface area (Å²) < 4.78 is 7.74. The number of ether oxygens (including phenoxy) is 1. The first-order valence-corrected chi connectivity index (χ1v) is 11.9. The number of carbonyl (C=O) groups is 1. The summed E-state index contributed by atoms with van der Waals surface area (Å²) in [5.41, 5.74) is 1.85. The highest BCUT2D eigenvalue weighted by atomic mass is 32.2. The molecule has 1 atom stereocenters. The van der Waals surface area contributed by atoms with Crippen molar-refractivity contribution in [2.24, 2.45) is 0 Å². The molecule has 0 aliphatic heterocycles. The molecule has 0 radical (unpaired) electrons. The molecule has 0 aliphatic carbocycles. The zero-order valence-electron chi connectivity index (χ0n) is 19.2. The topological polar surface area (TPSA) is 73.5 Å². The Labute approximate surface area is 194 Å². The van der Waals surface area contributed by atoms with Crippen LogP contribution in [0.3, 0.4) is 0 Å². The van der Waals surface area contributed by atoms with Crippen molar-refractivity contribution < 1.29 is 14.4 Å². The molecule has 3 rings (SSSR count). The van der Waals surface area contributed by atoms with Gasteiger partial charge in [0.25, 0.3) is 0 Å². The van der Waals surface area contributed by atoms with Gasteiger partial charge in [0.05, 0.1) is 38.7 Å². The van der Waals surface area contributed by atoms with Crippen LogP contribution in [0.25, 0.3) is 0 Å². The van der Waals surface area contributed by atoms with Gasteiger partial charge in [0.15, 0.2) is 11.0 Å². The van der Waals surface area contributed by atoms with E-state index in [0.717, 1.165) is 17.4 Å². The summed E-state index contributed by atoms with van der Waals surface area (Å²) in [7, 11) is 4.26. The molecule has 170 valence electrons. The SMILES string of the molecule is CCOc1ccccc1NC(=O)CSc1nnc([C@H](CC)[NH+](C)C)n1Cc1ccccc1. The van der Waals surface area contributed by atoms with Crippen LogP contribution in [-0.4, -0.2) is 47.1 Å². The standard InChI is InChI=1S/C24H31N5O2S/c1-5-20(28(3)4)23-26-27-24(29(23)16-18-12-8-7-9-13-18)32-17-22(30)25-19-14-10-11-15-21(19)31-6-2/h7-15,20H,5-6,16-17H2,1-4H3,(H,25,30)/p+1/t20-/m0/s1. The Morgan fingerprint density at radius 2 is 1.81 bits per heavy atom. The van der Waals surface area contributed by atoms with Crippen LogP contribution >= 0.6 is 11.8 Å². The maximum Gasteiger partial charge on any atom is 0.234 e. The summed E-state index contributed by atoms with van der Waals surface area (Å²) in [5, 5.41) is 12.7. The molecule has 1 aromatic heterocycles. The van der Waals surface area contributed by atoms with Gasteiger partial charge in [-0.1, -0.05) is 61.2 Å². The minimum atomic E-state index is -0.108. The van der Waals surface area contributed by atoms with Crippen LogP contribution in [0, 0.1) is 0 Å². The Bertz CT molecular complexity index is 1010. The lowest BCUT2D eigenvalue weighted by atomic mass is 10.2. The Hall–Kier alpha value is -2.84. The summed E-state index contributed by atoms with van der Waals surface area (Å²) in [6.07, 6.45) is 0.953. The van der Waals surface area contributed by atoms with E-state index in [2.05, 4.69) is 53.2 Å². The maximum absolute atomic E-state index is 12.7. The van der Waals surface area contributed by atoms with Gasteiger partial charge in [0, 0.05) is 6.42 Å². The van der Waals surface area contributed by atoms with E-state index in [1.165, 1.54) is 22.2 Å². The average molecular weight is 455 g/mol. The fourth-order valence-electron chi connectivity index (χ4n) is 3.60. The first-order valence-electron chi connectivity index (χ1n) is 10.9. The van der Waals surface area contributed by atoms with Crippen molar-refractivity contribution in [3.63, 3.8) is 0 Å². The van der Waals surface area contributed by atoms with Crippen LogP contribution in [0.1, 0.15) is 37.7 Å². The van der Waals surface area contributed by atoms with E-state index in [-0.39, 0.29) is 17.7 Å². The van der Waals surface area contributed by atoms with Crippen molar-refractivity contribution in [1.29, 1.82) is 0 Å². The van der Waals surface area contributed by atoms with Gasteiger partial charge < -0.3 is 15.0 Å². The van der Waals surface area contributed by atoms with Crippen molar-refractivity contribution >= 4 is 23.4 Å². The third-order valence-corrected chi connectivity index (χ3v) is 6.11. The molecule has 1 heterocycles. The molecular weight excluding hydrogens is 422 g/mol. The number of hydrogen-bond donors (Lipinski definition) is 2. The molecule has 0 saturated carbocycles. The van der Waals surface area contributed by atoms with E-state index >= 15 is 0 Å². The van der Waals surface area contributed by atoms with Crippen LogP contribution < -0.4 is 15.0 Å². The van der Waals surface area contributed by atoms with Gasteiger partial charge in [-0.3, -0.25) is 9.36 Å². The molecule has 32 heavy (non-hydrogen) atoms. The number of rotatable bonds is 11. The number of nitrogens with one attached hydrogen (secondary N) is 2. The molecule has 0 aliphatic rings. The fraction of sp³-hybridized carbons (Fsp3) is 0.375. The number of aromatic nitrogens is 3. The van der Waals surface area contributed by atoms with Crippen molar-refractivity contribution in [1.82, 2.24) is 14.8 Å². The van der Waals surface area contributed by atoms with E-state index < -0.39 is 0 Å². The van der Waals surface area contributed by atoms with Crippen LogP contribution in [0.15, 0.2) is 59.8 Å². The number of hydrogen-bond acceptors (Lipinski definition) is 5. The highest BCUT2D eigenvalue weighted by molar-refractivity contribution is 7.99. The van der Waals surface area contributed by atoms with Crippen molar-refractivity contribution in [3.8, 4) is 5.75 Å². The van der Waals surface area contributed by atoms with E-state index in [1.54, 1.807) is 0 Å². The van der Waals surface area contributed by atoms with E-state index in [4.69, 9.17) is 4.74 Å². The normalized spacial score (nSPS) is 12.0. The Morgan fingerprint density at radius 3 is 2.50 bits per heavy atom.